The molecule has 1 aromatic heterocycles. The van der Waals surface area contributed by atoms with Crippen LogP contribution >= 0.6 is 11.6 Å². The Morgan fingerprint density at radius 1 is 1.91 bits per heavy atom. The molecule has 1 rings (SSSR count). The molecule has 0 aliphatic heterocycles. The quantitative estimate of drug-likeness (QED) is 0.653. The van der Waals surface area contributed by atoms with E-state index in [1.165, 1.54) is 0 Å². The second kappa shape index (κ2) is 3.39. The van der Waals surface area contributed by atoms with E-state index in [2.05, 4.69) is 15.3 Å². The number of aromatic nitrogens is 2. The summed E-state index contributed by atoms with van der Waals surface area (Å²) in [4.78, 5) is 17.4. The molecule has 0 fully saturated rings. The summed E-state index contributed by atoms with van der Waals surface area (Å²) in [6.45, 7) is 1.85. The largest absolute Gasteiger partial charge is 0.328 e. The van der Waals surface area contributed by atoms with Gasteiger partial charge in [-0.15, -0.1) is 11.6 Å². The normalized spacial score (nSPS) is 9.64. The van der Waals surface area contributed by atoms with Crippen molar-refractivity contribution >= 4 is 23.5 Å². The molecule has 4 nitrogen and oxygen atoms in total. The highest BCUT2D eigenvalue weighted by Crippen LogP contribution is 1.99. The predicted molar refractivity (Wildman–Crippen MR) is 42.7 cm³/mol. The Labute approximate surface area is 69.0 Å². The first-order chi connectivity index (χ1) is 5.22. The van der Waals surface area contributed by atoms with Crippen molar-refractivity contribution in [3.63, 3.8) is 0 Å². The number of aromatic amines is 1. The molecule has 11 heavy (non-hydrogen) atoms. The second-order valence-corrected chi connectivity index (χ2v) is 2.36. The highest BCUT2D eigenvalue weighted by Gasteiger charge is 2.01. The van der Waals surface area contributed by atoms with E-state index in [0.29, 0.717) is 5.95 Å². The summed E-state index contributed by atoms with van der Waals surface area (Å²) in [5, 5.41) is 2.47. The van der Waals surface area contributed by atoms with E-state index in [1.54, 1.807) is 6.20 Å². The Kier molecular flexibility index (Phi) is 2.48. The number of carbonyl (C=O) groups excluding carboxylic acids is 1. The summed E-state index contributed by atoms with van der Waals surface area (Å²) in [7, 11) is 0. The maximum atomic E-state index is 10.7. The summed E-state index contributed by atoms with van der Waals surface area (Å²) in [5.41, 5.74) is 0.898. The summed E-state index contributed by atoms with van der Waals surface area (Å²) >= 11 is 5.25. The number of aryl methyl sites for hydroxylation is 1. The van der Waals surface area contributed by atoms with Gasteiger partial charge < -0.3 is 4.98 Å². The Balaban J connectivity index is 2.57. The lowest BCUT2D eigenvalue weighted by atomic mass is 10.6. The maximum Gasteiger partial charge on any atom is 0.241 e. The van der Waals surface area contributed by atoms with Gasteiger partial charge in [0.1, 0.15) is 5.88 Å². The number of halogens is 1. The lowest BCUT2D eigenvalue weighted by molar-refractivity contribution is -0.114. The molecule has 5 heteroatoms. The number of anilines is 1. The van der Waals surface area contributed by atoms with E-state index in [9.17, 15) is 4.79 Å². The minimum atomic E-state index is -0.263. The van der Waals surface area contributed by atoms with Crippen molar-refractivity contribution in [2.75, 3.05) is 11.2 Å². The van der Waals surface area contributed by atoms with Crippen molar-refractivity contribution in [3.05, 3.63) is 11.9 Å². The van der Waals surface area contributed by atoms with Gasteiger partial charge in [-0.1, -0.05) is 0 Å². The van der Waals surface area contributed by atoms with E-state index in [0.717, 1.165) is 5.69 Å². The zero-order valence-electron chi connectivity index (χ0n) is 6.02. The van der Waals surface area contributed by atoms with E-state index >= 15 is 0 Å². The number of imidazole rings is 1. The number of H-pyrrole nitrogens is 1. The Bertz CT molecular complexity index is 258. The minimum absolute atomic E-state index is 0.0558. The van der Waals surface area contributed by atoms with Crippen LogP contribution in [0, 0.1) is 6.92 Å². The average Bonchev–Trinajstić information content (AvgIpc) is 2.35. The highest BCUT2D eigenvalue weighted by molar-refractivity contribution is 6.28. The number of amides is 1. The monoisotopic (exact) mass is 173 g/mol. The molecule has 2 N–H and O–H groups in total. The first kappa shape index (κ1) is 8.07. The second-order valence-electron chi connectivity index (χ2n) is 2.10. The van der Waals surface area contributed by atoms with E-state index in [4.69, 9.17) is 11.6 Å². The van der Waals surface area contributed by atoms with Crippen LogP contribution in [0.4, 0.5) is 5.95 Å². The Morgan fingerprint density at radius 3 is 3.09 bits per heavy atom. The van der Waals surface area contributed by atoms with Crippen LogP contribution < -0.4 is 5.32 Å². The fraction of sp³-hybridized carbons (Fsp3) is 0.333. The van der Waals surface area contributed by atoms with E-state index < -0.39 is 0 Å². The molecule has 1 aromatic rings. The van der Waals surface area contributed by atoms with Crippen molar-refractivity contribution in [3.8, 4) is 0 Å². The van der Waals surface area contributed by atoms with Gasteiger partial charge >= 0.3 is 0 Å². The molecule has 0 saturated carbocycles. The summed E-state index contributed by atoms with van der Waals surface area (Å²) < 4.78 is 0. The van der Waals surface area contributed by atoms with Crippen LogP contribution in [0.15, 0.2) is 6.20 Å². The molecule has 0 bridgehead atoms. The SMILES string of the molecule is Cc1cnc(NC(=O)CCl)[nH]1. The van der Waals surface area contributed by atoms with Gasteiger partial charge in [-0.2, -0.15) is 0 Å². The van der Waals surface area contributed by atoms with Gasteiger partial charge in [0, 0.05) is 11.9 Å². The molecule has 0 aliphatic carbocycles. The number of alkyl halides is 1. The molecule has 0 aromatic carbocycles. The fourth-order valence-corrected chi connectivity index (χ4v) is 0.708. The number of carbonyl (C=O) groups is 1. The van der Waals surface area contributed by atoms with Crippen LogP contribution in [-0.2, 0) is 4.79 Å². The number of hydrogen-bond donors (Lipinski definition) is 2. The topological polar surface area (TPSA) is 57.8 Å². The highest BCUT2D eigenvalue weighted by atomic mass is 35.5. The number of rotatable bonds is 2. The zero-order valence-corrected chi connectivity index (χ0v) is 6.77. The zero-order chi connectivity index (χ0) is 8.27. The molecule has 60 valence electrons. The van der Waals surface area contributed by atoms with Crippen LogP contribution in [0.5, 0.6) is 0 Å². The third-order valence-electron chi connectivity index (χ3n) is 1.08. The van der Waals surface area contributed by atoms with Gasteiger partial charge in [0.05, 0.1) is 0 Å². The third-order valence-corrected chi connectivity index (χ3v) is 1.32. The van der Waals surface area contributed by atoms with Crippen LogP contribution in [0.3, 0.4) is 0 Å². The van der Waals surface area contributed by atoms with E-state index in [-0.39, 0.29) is 11.8 Å². The van der Waals surface area contributed by atoms with Crippen molar-refractivity contribution in [2.45, 2.75) is 6.92 Å². The third kappa shape index (κ3) is 2.23. The molecule has 0 atom stereocenters. The molecule has 1 heterocycles. The van der Waals surface area contributed by atoms with E-state index in [1.807, 2.05) is 6.92 Å². The van der Waals surface area contributed by atoms with Crippen LogP contribution in [0.2, 0.25) is 0 Å². The molecule has 0 radical (unpaired) electrons. The average molecular weight is 174 g/mol. The lowest BCUT2D eigenvalue weighted by Gasteiger charge is -1.95. The smallest absolute Gasteiger partial charge is 0.241 e. The van der Waals surface area contributed by atoms with Crippen molar-refractivity contribution in [1.29, 1.82) is 0 Å². The lowest BCUT2D eigenvalue weighted by Crippen LogP contribution is -2.13. The number of nitrogens with one attached hydrogen (secondary N) is 2. The molecule has 0 spiro atoms. The first-order valence-electron chi connectivity index (χ1n) is 3.10. The van der Waals surface area contributed by atoms with Gasteiger partial charge in [0.25, 0.3) is 0 Å². The van der Waals surface area contributed by atoms with Crippen LogP contribution in [0.25, 0.3) is 0 Å². The number of hydrogen-bond acceptors (Lipinski definition) is 2. The standard InChI is InChI=1S/C6H8ClN3O/c1-4-3-8-6(9-4)10-5(11)2-7/h3H,2H2,1H3,(H2,8,9,10,11). The van der Waals surface area contributed by atoms with Crippen molar-refractivity contribution in [2.24, 2.45) is 0 Å². The van der Waals surface area contributed by atoms with Gasteiger partial charge in [-0.05, 0) is 6.92 Å². The minimum Gasteiger partial charge on any atom is -0.328 e. The Hall–Kier alpha value is -1.03. The van der Waals surface area contributed by atoms with Crippen molar-refractivity contribution in [1.82, 2.24) is 9.97 Å². The molecule has 0 saturated heterocycles. The molecular weight excluding hydrogens is 166 g/mol. The first-order valence-corrected chi connectivity index (χ1v) is 3.63. The van der Waals surface area contributed by atoms with Crippen LogP contribution in [0.1, 0.15) is 5.69 Å². The van der Waals surface area contributed by atoms with Gasteiger partial charge in [0.15, 0.2) is 0 Å². The van der Waals surface area contributed by atoms with Gasteiger partial charge in [-0.25, -0.2) is 4.98 Å². The summed E-state index contributed by atoms with van der Waals surface area (Å²) in [6.07, 6.45) is 1.63. The molecule has 1 amide bonds. The number of nitrogens with zero attached hydrogens (tertiary/aromatic N) is 1. The molecule has 0 unspecified atom stereocenters. The van der Waals surface area contributed by atoms with Gasteiger partial charge in [0.2, 0.25) is 11.9 Å². The summed E-state index contributed by atoms with van der Waals surface area (Å²) in [5.74, 6) is 0.119. The Morgan fingerprint density at radius 2 is 2.64 bits per heavy atom. The fourth-order valence-electron chi connectivity index (χ4n) is 0.642. The molecule has 0 aliphatic rings. The van der Waals surface area contributed by atoms with Gasteiger partial charge in [-0.3, -0.25) is 10.1 Å². The summed E-state index contributed by atoms with van der Waals surface area (Å²) in [6, 6.07) is 0. The maximum absolute atomic E-state index is 10.7. The molecular formula is C6H8ClN3O. The predicted octanol–water partition coefficient (Wildman–Crippen LogP) is 0.895. The van der Waals surface area contributed by atoms with Crippen molar-refractivity contribution < 1.29 is 4.79 Å². The van der Waals surface area contributed by atoms with Crippen LogP contribution in [-0.4, -0.2) is 21.8 Å².